The largest absolute Gasteiger partial charge is 0.147 e. The van der Waals surface area contributed by atoms with Gasteiger partial charge in [0.2, 0.25) is 0 Å². The Morgan fingerprint density at radius 2 is 0.300 bits per heavy atom. The van der Waals surface area contributed by atoms with Gasteiger partial charge in [-0.2, -0.15) is 0 Å². The summed E-state index contributed by atoms with van der Waals surface area (Å²) < 4.78 is 0. The molecule has 0 aromatic heterocycles. The molecule has 0 radical (unpaired) electrons. The van der Waals surface area contributed by atoms with Gasteiger partial charge in [-0.3, -0.25) is 0 Å². The van der Waals surface area contributed by atoms with Crippen molar-refractivity contribution in [2.45, 2.75) is 0 Å². The summed E-state index contributed by atoms with van der Waals surface area (Å²) in [5, 5.41) is 0. The third-order valence-corrected chi connectivity index (χ3v) is 0. The molecule has 0 spiro atoms. The summed E-state index contributed by atoms with van der Waals surface area (Å²) in [7, 11) is 0. The highest BCUT2D eigenvalue weighted by Gasteiger charge is -0.0137. The van der Waals surface area contributed by atoms with Crippen LogP contribution in [0.2, 0.25) is 0 Å². The zero-order valence-electron chi connectivity index (χ0n) is 3.27. The number of hydrogen-bond donors (Lipinski definition) is 0. The molecule has 0 heterocycles. The van der Waals surface area contributed by atoms with E-state index in [2.05, 4.69) is 0 Å². The van der Waals surface area contributed by atoms with E-state index in [1.807, 2.05) is 0 Å². The highest BCUT2D eigenvalue weighted by atomic mass is 127. The molecule has 0 saturated carbocycles. The van der Waals surface area contributed by atoms with Gasteiger partial charge >= 0.3 is 0 Å². The average molecular weight is 722 g/mol. The van der Waals surface area contributed by atoms with Crippen molar-refractivity contribution in [3.63, 3.8) is 0 Å². The van der Waals surface area contributed by atoms with E-state index in [0.717, 1.165) is 0 Å². The van der Waals surface area contributed by atoms with Crippen molar-refractivity contribution in [1.82, 2.24) is 0 Å². The number of halogens is 8. The minimum absolute atomic E-state index is 0. The van der Waals surface area contributed by atoms with Crippen LogP contribution in [0.3, 0.4) is 0 Å². The highest BCUT2D eigenvalue weighted by Crippen LogP contribution is 0.889. The molecule has 0 N–H and O–H groups in total. The molecule has 10 heteroatoms. The summed E-state index contributed by atoms with van der Waals surface area (Å²) in [6, 6.07) is 0. The van der Waals surface area contributed by atoms with Crippen molar-refractivity contribution in [3.05, 3.63) is 0 Å². The maximum absolute atomic E-state index is 0. The first-order chi connectivity index (χ1) is 0. The van der Waals surface area contributed by atoms with Crippen molar-refractivity contribution in [2.24, 2.45) is 0 Å². The molecule has 0 amide bonds. The maximum atomic E-state index is 0. The lowest BCUT2D eigenvalue weighted by molar-refractivity contribution is 5.75. The Morgan fingerprint density at radius 1 is 0.300 bits per heavy atom. The van der Waals surface area contributed by atoms with Crippen LogP contribution < -0.4 is 0 Å². The molecule has 0 aliphatic rings. The van der Waals surface area contributed by atoms with Crippen LogP contribution in [0, 0.1) is 0 Å². The molecular formula is H16Cl4I4Si2. The zero-order chi connectivity index (χ0) is 0. The predicted octanol–water partition coefficient (Wildman–Crippen LogP) is 1.26. The number of hydrogen-bond acceptors (Lipinski definition) is 0. The van der Waals surface area contributed by atoms with Crippen LogP contribution in [0.15, 0.2) is 0 Å². The molecule has 0 saturated heterocycles. The van der Waals surface area contributed by atoms with E-state index in [-0.39, 0.29) is 167 Å². The first kappa shape index (κ1) is 130. The monoisotopic (exact) mass is 720 g/mol. The Kier molecular flexibility index (Phi) is 1350. The van der Waals surface area contributed by atoms with Gasteiger partial charge in [0.05, 0.1) is 0 Å². The van der Waals surface area contributed by atoms with Gasteiger partial charge in [-0.25, -0.2) is 0 Å². The summed E-state index contributed by atoms with van der Waals surface area (Å²) in [5.41, 5.74) is 0. The van der Waals surface area contributed by atoms with Crippen molar-refractivity contribution in [3.8, 4) is 0 Å². The summed E-state index contributed by atoms with van der Waals surface area (Å²) in [4.78, 5) is 0. The maximum Gasteiger partial charge on any atom is -0.0149 e. The van der Waals surface area contributed by atoms with E-state index < -0.39 is 0 Å². The Labute approximate surface area is 164 Å². The second kappa shape index (κ2) is 104. The lowest BCUT2D eigenvalue weighted by Crippen LogP contribution is -0.382. The van der Waals surface area contributed by atoms with Gasteiger partial charge in [-0.15, -0.1) is 146 Å². The van der Waals surface area contributed by atoms with Gasteiger partial charge in [0.15, 0.2) is 0 Å². The second-order valence-corrected chi connectivity index (χ2v) is 0. The van der Waals surface area contributed by atoms with Gasteiger partial charge in [-0.1, -0.05) is 0 Å². The molecule has 0 rings (SSSR count). The van der Waals surface area contributed by atoms with Crippen LogP contribution >= 0.6 is 146 Å². The Morgan fingerprint density at radius 3 is 0.300 bits per heavy atom. The van der Waals surface area contributed by atoms with E-state index >= 15 is 0 Å². The summed E-state index contributed by atoms with van der Waals surface area (Å²) in [5.74, 6) is 0. The predicted molar refractivity (Wildman–Crippen MR) is 113 cm³/mol. The molecule has 0 fully saturated rings. The first-order valence-corrected chi connectivity index (χ1v) is 0. The molecule has 0 aromatic carbocycles. The van der Waals surface area contributed by atoms with Crippen molar-refractivity contribution in [2.75, 3.05) is 0 Å². The molecular weight excluding hydrogens is 706 g/mol. The standard InChI is InChI=1S/4ClH.4HI.2H4Si/h8*1H;2*1H4. The summed E-state index contributed by atoms with van der Waals surface area (Å²) in [6.45, 7) is 0. The molecule has 0 aromatic rings. The highest BCUT2D eigenvalue weighted by molar-refractivity contribution is 14.0. The van der Waals surface area contributed by atoms with E-state index in [0.29, 0.717) is 0 Å². The molecule has 0 aliphatic heterocycles. The van der Waals surface area contributed by atoms with E-state index in [9.17, 15) is 0 Å². The van der Waals surface area contributed by atoms with Crippen LogP contribution in [0.4, 0.5) is 0 Å². The summed E-state index contributed by atoms with van der Waals surface area (Å²) in [6.07, 6.45) is 0. The summed E-state index contributed by atoms with van der Waals surface area (Å²) >= 11 is 0. The van der Waals surface area contributed by atoms with Gasteiger partial charge in [-0.05, 0) is 21.9 Å². The molecule has 0 aliphatic carbocycles. The Hall–Kier alpha value is 4.51. The normalized spacial score (nSPS) is 0. The first-order valence-electron chi connectivity index (χ1n) is 0. The van der Waals surface area contributed by atoms with Gasteiger partial charge in [0, 0.05) is 0 Å². The molecule has 80 valence electrons. The molecule has 0 bridgehead atoms. The molecule has 0 atom stereocenters. The quantitative estimate of drug-likeness (QED) is 0.262. The SMILES string of the molecule is Cl.Cl.Cl.Cl.I.I.I.I.[SiH4].[SiH4]. The Bertz CT molecular complexity index is 15.2. The van der Waals surface area contributed by atoms with Gasteiger partial charge < -0.3 is 0 Å². The number of rotatable bonds is 0. The lowest BCUT2D eigenvalue weighted by Gasteiger charge is -0.148. The van der Waals surface area contributed by atoms with Crippen LogP contribution in [0.5, 0.6) is 0 Å². The third kappa shape index (κ3) is 81.4. The van der Waals surface area contributed by atoms with Gasteiger partial charge in [0.25, 0.3) is 0 Å². The zero-order valence-corrected chi connectivity index (χ0v) is 15.9. The van der Waals surface area contributed by atoms with E-state index in [1.165, 1.54) is 0 Å². The molecule has 0 unspecified atom stereocenters. The van der Waals surface area contributed by atoms with Crippen molar-refractivity contribution in [1.29, 1.82) is 0 Å². The minimum atomic E-state index is 0. The fourth-order valence-corrected chi connectivity index (χ4v) is 0. The smallest absolute Gasteiger partial charge is 0.0149 e. The second-order valence-electron chi connectivity index (χ2n) is 0. The van der Waals surface area contributed by atoms with Crippen LogP contribution in [0.25, 0.3) is 0 Å². The van der Waals surface area contributed by atoms with Crippen LogP contribution in [-0.2, 0) is 0 Å². The lowest BCUT2D eigenvalue weighted by atomic mass is 28.1. The minimum Gasteiger partial charge on any atom is -0.147 e. The molecule has 10 heavy (non-hydrogen) atoms. The molecule has 0 nitrogen and oxygen atoms in total. The topological polar surface area (TPSA) is 0 Å². The fraction of sp³-hybridized carbons (Fsp3) is 0. The van der Waals surface area contributed by atoms with Gasteiger partial charge in [0.1, 0.15) is 0 Å². The van der Waals surface area contributed by atoms with E-state index in [1.54, 1.807) is 0 Å². The van der Waals surface area contributed by atoms with Crippen molar-refractivity contribution >= 4 is 167 Å². The van der Waals surface area contributed by atoms with Crippen LogP contribution in [-0.4, -0.2) is 21.9 Å². The van der Waals surface area contributed by atoms with Crippen LogP contribution in [0.1, 0.15) is 0 Å². The average Bonchev–Trinajstić information content (AvgIpc) is 0. The fourth-order valence-electron chi connectivity index (χ4n) is 0. The third-order valence-electron chi connectivity index (χ3n) is 0. The Balaban J connectivity index is 0. The van der Waals surface area contributed by atoms with Crippen molar-refractivity contribution < 1.29 is 0 Å². The van der Waals surface area contributed by atoms with E-state index in [4.69, 9.17) is 0 Å².